The molecule has 172 valence electrons. The molecule has 1 amide bonds. The molecular formula is C25H37NO5. The summed E-state index contributed by atoms with van der Waals surface area (Å²) in [4.78, 5) is 24.1. The van der Waals surface area contributed by atoms with Gasteiger partial charge in [0.15, 0.2) is 0 Å². The SMILES string of the molecule is CC(C)(C)C(=O)NC1C[C@@]2(C)C(=CCC3C4CCC[C@@]4(C)C[C@H](O)C32)C=C1OC(=O)O. The number of aliphatic hydroxyl groups is 1. The van der Waals surface area contributed by atoms with Gasteiger partial charge in [0.2, 0.25) is 5.91 Å². The van der Waals surface area contributed by atoms with Crippen LogP contribution < -0.4 is 5.32 Å². The summed E-state index contributed by atoms with van der Waals surface area (Å²) in [7, 11) is 0. The number of allylic oxidation sites excluding steroid dienone is 3. The Labute approximate surface area is 185 Å². The van der Waals surface area contributed by atoms with Crippen LogP contribution in [0.4, 0.5) is 4.79 Å². The number of ether oxygens (including phenoxy) is 1. The van der Waals surface area contributed by atoms with Gasteiger partial charge in [-0.25, -0.2) is 4.79 Å². The molecule has 4 aliphatic carbocycles. The molecule has 3 N–H and O–H groups in total. The number of amides is 1. The Hall–Kier alpha value is -1.82. The average molecular weight is 432 g/mol. The van der Waals surface area contributed by atoms with Gasteiger partial charge in [-0.15, -0.1) is 0 Å². The molecule has 4 aliphatic rings. The van der Waals surface area contributed by atoms with Crippen LogP contribution in [0.5, 0.6) is 0 Å². The highest BCUT2D eigenvalue weighted by Crippen LogP contribution is 2.64. The number of rotatable bonds is 2. The fourth-order valence-corrected chi connectivity index (χ4v) is 7.24. The highest BCUT2D eigenvalue weighted by molar-refractivity contribution is 5.82. The summed E-state index contributed by atoms with van der Waals surface area (Å²) in [6, 6.07) is -0.534. The number of aliphatic hydroxyl groups excluding tert-OH is 1. The Morgan fingerprint density at radius 1 is 1.23 bits per heavy atom. The summed E-state index contributed by atoms with van der Waals surface area (Å²) in [5.74, 6) is 1.25. The molecule has 0 heterocycles. The Balaban J connectivity index is 1.71. The third-order valence-corrected chi connectivity index (χ3v) is 8.69. The molecule has 7 atom stereocenters. The monoisotopic (exact) mass is 431 g/mol. The highest BCUT2D eigenvalue weighted by atomic mass is 16.7. The lowest BCUT2D eigenvalue weighted by molar-refractivity contribution is -0.130. The second-order valence-corrected chi connectivity index (χ2v) is 11.8. The van der Waals surface area contributed by atoms with Gasteiger partial charge in [0.1, 0.15) is 5.76 Å². The zero-order valence-electron chi connectivity index (χ0n) is 19.4. The smallest absolute Gasteiger partial charge is 0.449 e. The molecular weight excluding hydrogens is 394 g/mol. The molecule has 4 rings (SSSR count). The van der Waals surface area contributed by atoms with Crippen molar-refractivity contribution in [2.75, 3.05) is 0 Å². The van der Waals surface area contributed by atoms with E-state index in [2.05, 4.69) is 25.2 Å². The number of carboxylic acid groups (broad SMARTS) is 1. The van der Waals surface area contributed by atoms with Gasteiger partial charge in [0.05, 0.1) is 12.1 Å². The van der Waals surface area contributed by atoms with Gasteiger partial charge < -0.3 is 20.3 Å². The van der Waals surface area contributed by atoms with Crippen molar-refractivity contribution in [2.24, 2.45) is 34.0 Å². The van der Waals surface area contributed by atoms with Gasteiger partial charge in [-0.05, 0) is 66.9 Å². The van der Waals surface area contributed by atoms with Crippen LogP contribution in [-0.2, 0) is 9.53 Å². The fourth-order valence-electron chi connectivity index (χ4n) is 7.24. The van der Waals surface area contributed by atoms with E-state index in [1.807, 2.05) is 20.8 Å². The summed E-state index contributed by atoms with van der Waals surface area (Å²) in [6.07, 6.45) is 8.15. The van der Waals surface area contributed by atoms with Crippen molar-refractivity contribution in [1.82, 2.24) is 5.32 Å². The number of carbonyl (C=O) groups excluding carboxylic acids is 1. The lowest BCUT2D eigenvalue weighted by Crippen LogP contribution is -2.57. The molecule has 0 aromatic rings. The predicted octanol–water partition coefficient (Wildman–Crippen LogP) is 4.64. The topological polar surface area (TPSA) is 95.9 Å². The first-order valence-corrected chi connectivity index (χ1v) is 11.7. The third-order valence-electron chi connectivity index (χ3n) is 8.69. The van der Waals surface area contributed by atoms with Gasteiger partial charge in [-0.1, -0.05) is 47.1 Å². The first-order valence-electron chi connectivity index (χ1n) is 11.7. The first-order chi connectivity index (χ1) is 14.3. The van der Waals surface area contributed by atoms with Gasteiger partial charge in [0, 0.05) is 10.8 Å². The quantitative estimate of drug-likeness (QED) is 0.554. The number of hydrogen-bond donors (Lipinski definition) is 3. The molecule has 0 spiro atoms. The minimum Gasteiger partial charge on any atom is -0.449 e. The standard InChI is InChI=1S/C25H37NO5/c1-23(2,3)21(28)26-17-12-25(5)14(11-19(17)31-22(29)30)8-9-15-16-7-6-10-24(16,4)13-18(27)20(15)25/h8,11,15-18,20,27H,6-7,9-10,12-13H2,1-5H3,(H,26,28)(H,29,30)/t15?,16?,17?,18-,20?,24-,25-/m0/s1. The van der Waals surface area contributed by atoms with Crippen molar-refractivity contribution >= 4 is 12.1 Å². The Kier molecular flexibility index (Phi) is 5.31. The molecule has 0 bridgehead atoms. The van der Waals surface area contributed by atoms with Gasteiger partial charge in [0.25, 0.3) is 0 Å². The van der Waals surface area contributed by atoms with Crippen LogP contribution in [0, 0.1) is 34.0 Å². The summed E-state index contributed by atoms with van der Waals surface area (Å²) >= 11 is 0. The van der Waals surface area contributed by atoms with E-state index >= 15 is 0 Å². The van der Waals surface area contributed by atoms with Gasteiger partial charge >= 0.3 is 6.16 Å². The zero-order valence-corrected chi connectivity index (χ0v) is 19.4. The molecule has 6 nitrogen and oxygen atoms in total. The van der Waals surface area contributed by atoms with Gasteiger partial charge in [-0.3, -0.25) is 4.79 Å². The lowest BCUT2D eigenvalue weighted by Gasteiger charge is -2.58. The van der Waals surface area contributed by atoms with E-state index in [4.69, 9.17) is 4.74 Å². The molecule has 0 saturated heterocycles. The van der Waals surface area contributed by atoms with Crippen LogP contribution in [0.3, 0.4) is 0 Å². The summed E-state index contributed by atoms with van der Waals surface area (Å²) in [6.45, 7) is 10.0. The van der Waals surface area contributed by atoms with Crippen LogP contribution in [0.15, 0.2) is 23.5 Å². The second kappa shape index (κ2) is 7.36. The molecule has 2 fully saturated rings. The number of nitrogens with one attached hydrogen (secondary N) is 1. The molecule has 6 heteroatoms. The van der Waals surface area contributed by atoms with E-state index in [9.17, 15) is 19.8 Å². The van der Waals surface area contributed by atoms with E-state index in [0.717, 1.165) is 18.4 Å². The third kappa shape index (κ3) is 3.71. The Morgan fingerprint density at radius 3 is 2.58 bits per heavy atom. The van der Waals surface area contributed by atoms with Crippen LogP contribution in [0.1, 0.15) is 73.1 Å². The van der Waals surface area contributed by atoms with Crippen molar-refractivity contribution in [2.45, 2.75) is 85.3 Å². The van der Waals surface area contributed by atoms with E-state index in [1.165, 1.54) is 19.3 Å². The minimum absolute atomic E-state index is 0.0975. The number of hydrogen-bond acceptors (Lipinski definition) is 4. The molecule has 4 unspecified atom stereocenters. The molecule has 2 saturated carbocycles. The maximum absolute atomic E-state index is 12.8. The number of fused-ring (bicyclic) bond motifs is 5. The normalized spacial score (nSPS) is 41.8. The summed E-state index contributed by atoms with van der Waals surface area (Å²) in [5, 5.41) is 23.7. The van der Waals surface area contributed by atoms with Crippen LogP contribution in [-0.4, -0.2) is 34.4 Å². The van der Waals surface area contributed by atoms with E-state index in [1.54, 1.807) is 6.08 Å². The second-order valence-electron chi connectivity index (χ2n) is 11.8. The van der Waals surface area contributed by atoms with Crippen LogP contribution >= 0.6 is 0 Å². The molecule has 0 aliphatic heterocycles. The van der Waals surface area contributed by atoms with Gasteiger partial charge in [-0.2, -0.15) is 0 Å². The summed E-state index contributed by atoms with van der Waals surface area (Å²) in [5.41, 5.74) is 0.306. The molecule has 31 heavy (non-hydrogen) atoms. The van der Waals surface area contributed by atoms with E-state index in [0.29, 0.717) is 18.3 Å². The minimum atomic E-state index is -1.38. The van der Waals surface area contributed by atoms with Crippen molar-refractivity contribution in [1.29, 1.82) is 0 Å². The van der Waals surface area contributed by atoms with Crippen molar-refractivity contribution < 1.29 is 24.5 Å². The molecule has 0 radical (unpaired) electrons. The fraction of sp³-hybridized carbons (Fsp3) is 0.760. The van der Waals surface area contributed by atoms with Crippen LogP contribution in [0.2, 0.25) is 0 Å². The van der Waals surface area contributed by atoms with E-state index in [-0.39, 0.29) is 28.4 Å². The lowest BCUT2D eigenvalue weighted by atomic mass is 9.47. The number of carbonyl (C=O) groups is 2. The maximum atomic E-state index is 12.8. The maximum Gasteiger partial charge on any atom is 0.511 e. The molecule has 0 aromatic heterocycles. The average Bonchev–Trinajstić information content (AvgIpc) is 3.01. The van der Waals surface area contributed by atoms with Crippen molar-refractivity contribution in [3.05, 3.63) is 23.5 Å². The first kappa shape index (κ1) is 22.4. The zero-order chi connectivity index (χ0) is 22.8. The van der Waals surface area contributed by atoms with Crippen LogP contribution in [0.25, 0.3) is 0 Å². The molecule has 0 aromatic carbocycles. The van der Waals surface area contributed by atoms with Crippen molar-refractivity contribution in [3.63, 3.8) is 0 Å². The largest absolute Gasteiger partial charge is 0.511 e. The van der Waals surface area contributed by atoms with E-state index < -0.39 is 23.7 Å². The predicted molar refractivity (Wildman–Crippen MR) is 117 cm³/mol. The highest BCUT2D eigenvalue weighted by Gasteiger charge is 2.59. The summed E-state index contributed by atoms with van der Waals surface area (Å²) < 4.78 is 5.12. The Bertz CT molecular complexity index is 839. The van der Waals surface area contributed by atoms with Crippen molar-refractivity contribution in [3.8, 4) is 0 Å². The Morgan fingerprint density at radius 2 is 1.94 bits per heavy atom.